The molecule has 0 atom stereocenters. The average molecular weight is 245 g/mol. The molecule has 0 aromatic heterocycles. The molecule has 0 fully saturated rings. The maximum absolute atomic E-state index is 11.8. The number of nitrogens with one attached hydrogen (secondary N) is 1. The molecule has 1 aromatic carbocycles. The van der Waals surface area contributed by atoms with Crippen molar-refractivity contribution in [3.8, 4) is 5.75 Å². The fourth-order valence-corrected chi connectivity index (χ4v) is 1.69. The summed E-state index contributed by atoms with van der Waals surface area (Å²) < 4.78 is 5.61. The van der Waals surface area contributed by atoms with Crippen LogP contribution in [0.5, 0.6) is 5.75 Å². The number of benzene rings is 1. The second kappa shape index (κ2) is 3.98. The Morgan fingerprint density at radius 2 is 2.06 bits per heavy atom. The van der Waals surface area contributed by atoms with E-state index in [0.717, 1.165) is 0 Å². The SMILES string of the molecule is C=C(C)C(=O)c1ccc2c(c1)OC(C)(C)C(=O)N2. The standard InChI is InChI=1S/C14H15NO3/c1-8(2)12(16)9-5-6-10-11(7-9)18-14(3,4)13(17)15-10/h5-7H,1H2,2-4H3,(H,15,17). The number of hydrogen-bond donors (Lipinski definition) is 1. The van der Waals surface area contributed by atoms with Crippen molar-refractivity contribution in [3.05, 3.63) is 35.9 Å². The van der Waals surface area contributed by atoms with Gasteiger partial charge >= 0.3 is 0 Å². The molecule has 1 amide bonds. The van der Waals surface area contributed by atoms with Crippen LogP contribution >= 0.6 is 0 Å². The molecule has 0 aliphatic carbocycles. The second-order valence-electron chi connectivity index (χ2n) is 4.89. The van der Waals surface area contributed by atoms with Gasteiger partial charge in [0.15, 0.2) is 11.4 Å². The van der Waals surface area contributed by atoms with Crippen LogP contribution in [0.2, 0.25) is 0 Å². The Labute approximate surface area is 106 Å². The molecule has 4 nitrogen and oxygen atoms in total. The van der Waals surface area contributed by atoms with Crippen molar-refractivity contribution < 1.29 is 14.3 Å². The number of fused-ring (bicyclic) bond motifs is 1. The molecule has 0 bridgehead atoms. The summed E-state index contributed by atoms with van der Waals surface area (Å²) in [6, 6.07) is 4.95. The van der Waals surface area contributed by atoms with Crippen LogP contribution in [-0.4, -0.2) is 17.3 Å². The van der Waals surface area contributed by atoms with Gasteiger partial charge < -0.3 is 10.1 Å². The zero-order valence-electron chi connectivity index (χ0n) is 10.7. The smallest absolute Gasteiger partial charge is 0.268 e. The highest BCUT2D eigenvalue weighted by Crippen LogP contribution is 2.34. The number of rotatable bonds is 2. The van der Waals surface area contributed by atoms with Crippen molar-refractivity contribution in [2.45, 2.75) is 26.4 Å². The van der Waals surface area contributed by atoms with E-state index < -0.39 is 5.60 Å². The van der Waals surface area contributed by atoms with E-state index >= 15 is 0 Å². The zero-order chi connectivity index (χ0) is 13.5. The van der Waals surface area contributed by atoms with Gasteiger partial charge in [-0.2, -0.15) is 0 Å². The van der Waals surface area contributed by atoms with Gasteiger partial charge in [-0.15, -0.1) is 0 Å². The molecule has 0 spiro atoms. The molecule has 1 heterocycles. The summed E-state index contributed by atoms with van der Waals surface area (Å²) in [6.45, 7) is 8.64. The maximum atomic E-state index is 11.8. The first kappa shape index (κ1) is 12.4. The maximum Gasteiger partial charge on any atom is 0.268 e. The molecular formula is C14H15NO3. The van der Waals surface area contributed by atoms with Crippen LogP contribution < -0.4 is 10.1 Å². The first-order chi connectivity index (χ1) is 8.31. The molecule has 0 unspecified atom stereocenters. The van der Waals surface area contributed by atoms with Gasteiger partial charge in [0.2, 0.25) is 0 Å². The molecule has 18 heavy (non-hydrogen) atoms. The molecule has 1 aromatic rings. The third-order valence-electron chi connectivity index (χ3n) is 2.79. The molecule has 94 valence electrons. The molecule has 0 saturated heterocycles. The number of ketones is 1. The summed E-state index contributed by atoms with van der Waals surface area (Å²) in [5.41, 5.74) is 0.623. The van der Waals surface area contributed by atoms with Crippen molar-refractivity contribution >= 4 is 17.4 Å². The van der Waals surface area contributed by atoms with E-state index in [4.69, 9.17) is 4.74 Å². The average Bonchev–Trinajstić information content (AvgIpc) is 2.28. The molecule has 4 heteroatoms. The van der Waals surface area contributed by atoms with Gasteiger partial charge in [-0.25, -0.2) is 0 Å². The normalized spacial score (nSPS) is 16.3. The van der Waals surface area contributed by atoms with Crippen molar-refractivity contribution in [2.75, 3.05) is 5.32 Å². The highest BCUT2D eigenvalue weighted by atomic mass is 16.5. The molecule has 1 N–H and O–H groups in total. The number of amides is 1. The summed E-state index contributed by atoms with van der Waals surface area (Å²) in [6.07, 6.45) is 0. The first-order valence-electron chi connectivity index (χ1n) is 5.66. The number of ether oxygens (including phenoxy) is 1. The summed E-state index contributed by atoms with van der Waals surface area (Å²) >= 11 is 0. The predicted molar refractivity (Wildman–Crippen MR) is 68.9 cm³/mol. The van der Waals surface area contributed by atoms with Crippen LogP contribution in [0.3, 0.4) is 0 Å². The third kappa shape index (κ3) is 2.01. The Balaban J connectivity index is 2.42. The van der Waals surface area contributed by atoms with Gasteiger partial charge in [-0.05, 0) is 44.5 Å². The van der Waals surface area contributed by atoms with Crippen molar-refractivity contribution in [2.24, 2.45) is 0 Å². The van der Waals surface area contributed by atoms with E-state index in [1.165, 1.54) is 0 Å². The lowest BCUT2D eigenvalue weighted by molar-refractivity contribution is -0.129. The lowest BCUT2D eigenvalue weighted by Gasteiger charge is -2.31. The summed E-state index contributed by atoms with van der Waals surface area (Å²) in [7, 11) is 0. The zero-order valence-corrected chi connectivity index (χ0v) is 10.7. The van der Waals surface area contributed by atoms with E-state index in [9.17, 15) is 9.59 Å². The van der Waals surface area contributed by atoms with Gasteiger partial charge in [-0.3, -0.25) is 9.59 Å². The van der Waals surface area contributed by atoms with Crippen molar-refractivity contribution in [1.29, 1.82) is 0 Å². The monoisotopic (exact) mass is 245 g/mol. The molecule has 1 aliphatic rings. The fourth-order valence-electron chi connectivity index (χ4n) is 1.69. The number of hydrogen-bond acceptors (Lipinski definition) is 3. The number of allylic oxidation sites excluding steroid dienone is 1. The molecular weight excluding hydrogens is 230 g/mol. The summed E-state index contributed by atoms with van der Waals surface area (Å²) in [5.74, 6) is 0.178. The quantitative estimate of drug-likeness (QED) is 0.643. The lowest BCUT2D eigenvalue weighted by Crippen LogP contribution is -2.45. The van der Waals surface area contributed by atoms with Crippen LogP contribution in [0.25, 0.3) is 0 Å². The summed E-state index contributed by atoms with van der Waals surface area (Å²) in [5, 5.41) is 2.75. The molecule has 0 radical (unpaired) electrons. The number of Topliss-reactive ketones (excluding diaryl/α,β-unsaturated/α-hetero) is 1. The first-order valence-corrected chi connectivity index (χ1v) is 5.66. The largest absolute Gasteiger partial charge is 0.476 e. The number of anilines is 1. The van der Waals surface area contributed by atoms with E-state index in [-0.39, 0.29) is 11.7 Å². The Morgan fingerprint density at radius 1 is 1.39 bits per heavy atom. The van der Waals surface area contributed by atoms with Crippen molar-refractivity contribution in [1.82, 2.24) is 0 Å². The van der Waals surface area contributed by atoms with E-state index in [0.29, 0.717) is 22.6 Å². The Bertz CT molecular complexity index is 558. The minimum atomic E-state index is -0.933. The number of carbonyl (C=O) groups is 2. The minimum absolute atomic E-state index is 0.129. The highest BCUT2D eigenvalue weighted by molar-refractivity contribution is 6.09. The Morgan fingerprint density at radius 3 is 2.67 bits per heavy atom. The Kier molecular flexibility index (Phi) is 2.73. The minimum Gasteiger partial charge on any atom is -0.476 e. The van der Waals surface area contributed by atoms with Crippen LogP contribution in [0.15, 0.2) is 30.4 Å². The van der Waals surface area contributed by atoms with Gasteiger partial charge in [0, 0.05) is 5.56 Å². The van der Waals surface area contributed by atoms with E-state index in [2.05, 4.69) is 11.9 Å². The van der Waals surface area contributed by atoms with Crippen LogP contribution in [0.1, 0.15) is 31.1 Å². The molecule has 2 rings (SSSR count). The predicted octanol–water partition coefficient (Wildman–Crippen LogP) is 2.55. The third-order valence-corrected chi connectivity index (χ3v) is 2.79. The van der Waals surface area contributed by atoms with Crippen LogP contribution in [-0.2, 0) is 4.79 Å². The highest BCUT2D eigenvalue weighted by Gasteiger charge is 2.35. The van der Waals surface area contributed by atoms with E-state index in [1.54, 1.807) is 39.0 Å². The van der Waals surface area contributed by atoms with Gasteiger partial charge in [0.25, 0.3) is 5.91 Å². The Hall–Kier alpha value is -2.10. The number of carbonyl (C=O) groups excluding carboxylic acids is 2. The van der Waals surface area contributed by atoms with Gasteiger partial charge in [-0.1, -0.05) is 6.58 Å². The van der Waals surface area contributed by atoms with Gasteiger partial charge in [0.1, 0.15) is 5.75 Å². The van der Waals surface area contributed by atoms with E-state index in [1.807, 2.05) is 0 Å². The molecule has 1 aliphatic heterocycles. The van der Waals surface area contributed by atoms with Crippen molar-refractivity contribution in [3.63, 3.8) is 0 Å². The van der Waals surface area contributed by atoms with Crippen LogP contribution in [0.4, 0.5) is 5.69 Å². The van der Waals surface area contributed by atoms with Crippen LogP contribution in [0, 0.1) is 0 Å². The van der Waals surface area contributed by atoms with Gasteiger partial charge in [0.05, 0.1) is 5.69 Å². The topological polar surface area (TPSA) is 55.4 Å². The fraction of sp³-hybridized carbons (Fsp3) is 0.286. The second-order valence-corrected chi connectivity index (χ2v) is 4.89. The lowest BCUT2D eigenvalue weighted by atomic mass is 10.0. The summed E-state index contributed by atoms with van der Waals surface area (Å²) in [4.78, 5) is 23.5. The molecule has 0 saturated carbocycles.